The van der Waals surface area contributed by atoms with Crippen molar-refractivity contribution in [2.24, 2.45) is 0 Å². The van der Waals surface area contributed by atoms with E-state index < -0.39 is 0 Å². The van der Waals surface area contributed by atoms with Crippen molar-refractivity contribution in [3.05, 3.63) is 59.9 Å². The Hall–Kier alpha value is -3.14. The first-order valence-corrected chi connectivity index (χ1v) is 10.4. The highest BCUT2D eigenvalue weighted by Crippen LogP contribution is 2.38. The summed E-state index contributed by atoms with van der Waals surface area (Å²) in [6.07, 6.45) is 4.88. The quantitative estimate of drug-likeness (QED) is 0.389. The average Bonchev–Trinajstić information content (AvgIpc) is 3.17. The number of nitrogens with zero attached hydrogens (tertiary/aromatic N) is 2. The average molecular weight is 386 g/mol. The predicted octanol–water partition coefficient (Wildman–Crippen LogP) is 6.13. The molecule has 0 amide bonds. The van der Waals surface area contributed by atoms with Crippen molar-refractivity contribution in [3.63, 3.8) is 0 Å². The third kappa shape index (κ3) is 3.29. The Morgan fingerprint density at radius 2 is 1.72 bits per heavy atom. The van der Waals surface area contributed by atoms with Crippen LogP contribution in [-0.4, -0.2) is 29.3 Å². The van der Waals surface area contributed by atoms with Gasteiger partial charge in [-0.05, 0) is 25.8 Å². The number of H-pyrrole nitrogens is 1. The molecular weight excluding hydrogens is 358 g/mol. The number of pyridine rings is 1. The van der Waals surface area contributed by atoms with Crippen molar-refractivity contribution in [2.45, 2.75) is 33.6 Å². The fourth-order valence-electron chi connectivity index (χ4n) is 4.35. The van der Waals surface area contributed by atoms with Gasteiger partial charge in [-0.15, -0.1) is 0 Å². The fourth-order valence-corrected chi connectivity index (χ4v) is 4.35. The van der Waals surface area contributed by atoms with E-state index in [-0.39, 0.29) is 0 Å². The van der Waals surface area contributed by atoms with Crippen LogP contribution in [-0.2, 0) is 0 Å². The van der Waals surface area contributed by atoms with Gasteiger partial charge in [0.05, 0.1) is 17.1 Å². The van der Waals surface area contributed by atoms with Gasteiger partial charge in [0.1, 0.15) is 0 Å². The molecule has 1 N–H and O–H groups in total. The highest BCUT2D eigenvalue weighted by Gasteiger charge is 2.19. The first-order valence-electron chi connectivity index (χ1n) is 10.4. The minimum absolute atomic E-state index is 0.668. The topological polar surface area (TPSA) is 49.0 Å². The summed E-state index contributed by atoms with van der Waals surface area (Å²) in [6.45, 7) is 8.57. The number of hydrogen-bond acceptors (Lipinski definition) is 3. The maximum absolute atomic E-state index is 11.6. The zero-order chi connectivity index (χ0) is 20.4. The van der Waals surface area contributed by atoms with Gasteiger partial charge in [0.25, 0.3) is 0 Å². The van der Waals surface area contributed by atoms with Crippen LogP contribution in [0.25, 0.3) is 32.9 Å². The van der Waals surface area contributed by atoms with Gasteiger partial charge in [-0.25, -0.2) is 0 Å². The van der Waals surface area contributed by atoms with Crippen LogP contribution in [0.3, 0.4) is 0 Å². The van der Waals surface area contributed by atoms with Crippen molar-refractivity contribution in [3.8, 4) is 11.3 Å². The number of aryl methyl sites for hydroxylation is 1. The highest BCUT2D eigenvalue weighted by molar-refractivity contribution is 6.11. The van der Waals surface area contributed by atoms with Gasteiger partial charge in [0.2, 0.25) is 0 Å². The molecular formula is C25H27N3O. The number of aldehydes is 1. The van der Waals surface area contributed by atoms with E-state index in [0.29, 0.717) is 5.56 Å². The first-order chi connectivity index (χ1) is 14.2. The maximum Gasteiger partial charge on any atom is 0.152 e. The lowest BCUT2D eigenvalue weighted by Gasteiger charge is -2.27. The summed E-state index contributed by atoms with van der Waals surface area (Å²) in [6, 6.07) is 14.6. The number of aromatic nitrogens is 2. The third-order valence-electron chi connectivity index (χ3n) is 5.48. The van der Waals surface area contributed by atoms with Gasteiger partial charge in [-0.1, -0.05) is 50.2 Å². The normalized spacial score (nSPS) is 11.3. The largest absolute Gasteiger partial charge is 0.370 e. The van der Waals surface area contributed by atoms with Crippen molar-refractivity contribution < 1.29 is 4.79 Å². The second-order valence-corrected chi connectivity index (χ2v) is 7.52. The molecule has 148 valence electrons. The highest BCUT2D eigenvalue weighted by atomic mass is 16.1. The minimum atomic E-state index is 0.668. The van der Waals surface area contributed by atoms with E-state index in [1.165, 1.54) is 11.1 Å². The molecule has 0 saturated carbocycles. The van der Waals surface area contributed by atoms with Crippen molar-refractivity contribution in [1.29, 1.82) is 0 Å². The van der Waals surface area contributed by atoms with Crippen molar-refractivity contribution in [1.82, 2.24) is 9.97 Å². The summed E-state index contributed by atoms with van der Waals surface area (Å²) in [5.74, 6) is 0. The molecule has 4 heteroatoms. The van der Waals surface area contributed by atoms with Gasteiger partial charge < -0.3 is 9.88 Å². The summed E-state index contributed by atoms with van der Waals surface area (Å²) in [5, 5.41) is 3.28. The van der Waals surface area contributed by atoms with Gasteiger partial charge in [-0.2, -0.15) is 0 Å². The number of carbonyl (C=O) groups excluding carboxylic acids is 1. The molecule has 2 aromatic heterocycles. The van der Waals surface area contributed by atoms with Crippen molar-refractivity contribution >= 4 is 33.6 Å². The zero-order valence-corrected chi connectivity index (χ0v) is 17.3. The Kier molecular flexibility index (Phi) is 5.34. The van der Waals surface area contributed by atoms with Crippen LogP contribution in [0.1, 0.15) is 42.7 Å². The molecule has 2 heterocycles. The zero-order valence-electron chi connectivity index (χ0n) is 17.3. The van der Waals surface area contributed by atoms with Crippen LogP contribution in [0.2, 0.25) is 0 Å². The molecule has 2 aromatic carbocycles. The number of hydrogen-bond donors (Lipinski definition) is 1. The van der Waals surface area contributed by atoms with Gasteiger partial charge >= 0.3 is 0 Å². The minimum Gasteiger partial charge on any atom is -0.370 e. The maximum atomic E-state index is 11.6. The molecule has 0 atom stereocenters. The Balaban J connectivity index is 2.03. The summed E-state index contributed by atoms with van der Waals surface area (Å²) in [5.41, 5.74) is 5.81. The van der Waals surface area contributed by atoms with Crippen LogP contribution >= 0.6 is 0 Å². The van der Waals surface area contributed by atoms with E-state index in [2.05, 4.69) is 61.0 Å². The molecule has 0 saturated heterocycles. The number of rotatable bonds is 7. The van der Waals surface area contributed by atoms with E-state index in [1.807, 2.05) is 12.1 Å². The second kappa shape index (κ2) is 8.08. The molecule has 0 bridgehead atoms. The molecule has 29 heavy (non-hydrogen) atoms. The lowest BCUT2D eigenvalue weighted by molar-refractivity contribution is 0.112. The molecule has 4 rings (SSSR count). The number of anilines is 1. The SMILES string of the molecule is CCCN(CCC)c1c(C)nc(-c2cccc3[nH]cc(C=O)c23)c2ccccc12. The Bertz CT molecular complexity index is 1170. The van der Waals surface area contributed by atoms with Crippen LogP contribution in [0.5, 0.6) is 0 Å². The number of aromatic amines is 1. The molecule has 0 aliphatic rings. The fraction of sp³-hybridized carbons (Fsp3) is 0.280. The van der Waals surface area contributed by atoms with E-state index in [0.717, 1.165) is 65.5 Å². The van der Waals surface area contributed by atoms with E-state index in [4.69, 9.17) is 4.98 Å². The molecule has 0 aliphatic carbocycles. The molecule has 0 spiro atoms. The number of fused-ring (bicyclic) bond motifs is 2. The van der Waals surface area contributed by atoms with Crippen LogP contribution in [0.4, 0.5) is 5.69 Å². The van der Waals surface area contributed by atoms with Gasteiger partial charge in [-0.3, -0.25) is 9.78 Å². The number of nitrogens with one attached hydrogen (secondary N) is 1. The number of benzene rings is 2. The monoisotopic (exact) mass is 385 g/mol. The molecule has 4 aromatic rings. The summed E-state index contributed by atoms with van der Waals surface area (Å²) in [4.78, 5) is 22.4. The Morgan fingerprint density at radius 3 is 2.41 bits per heavy atom. The first kappa shape index (κ1) is 19.2. The van der Waals surface area contributed by atoms with Crippen LogP contribution < -0.4 is 4.90 Å². The van der Waals surface area contributed by atoms with Crippen LogP contribution in [0, 0.1) is 6.92 Å². The smallest absolute Gasteiger partial charge is 0.152 e. The van der Waals surface area contributed by atoms with E-state index in [1.54, 1.807) is 6.20 Å². The Labute approximate surface area is 171 Å². The van der Waals surface area contributed by atoms with Gasteiger partial charge in [0, 0.05) is 52.1 Å². The van der Waals surface area contributed by atoms with Crippen molar-refractivity contribution in [2.75, 3.05) is 18.0 Å². The summed E-state index contributed by atoms with van der Waals surface area (Å²) in [7, 11) is 0. The third-order valence-corrected chi connectivity index (χ3v) is 5.48. The number of carbonyl (C=O) groups is 1. The molecule has 0 aliphatic heterocycles. The standard InChI is InChI=1S/C25H27N3O/c1-4-13-28(14-5-2)25-17(3)27-24(19-9-6-7-10-20(19)25)21-11-8-12-22-23(21)18(16-29)15-26-22/h6-12,15-16,26H,4-5,13-14H2,1-3H3. The predicted molar refractivity (Wildman–Crippen MR) is 122 cm³/mol. The van der Waals surface area contributed by atoms with Gasteiger partial charge in [0.15, 0.2) is 6.29 Å². The molecule has 0 unspecified atom stereocenters. The van der Waals surface area contributed by atoms with E-state index >= 15 is 0 Å². The molecule has 0 fully saturated rings. The second-order valence-electron chi connectivity index (χ2n) is 7.52. The molecule has 4 nitrogen and oxygen atoms in total. The summed E-state index contributed by atoms with van der Waals surface area (Å²) < 4.78 is 0. The van der Waals surface area contributed by atoms with E-state index in [9.17, 15) is 4.79 Å². The lowest BCUT2D eigenvalue weighted by Crippen LogP contribution is -2.26. The Morgan fingerprint density at radius 1 is 1.00 bits per heavy atom. The summed E-state index contributed by atoms with van der Waals surface area (Å²) >= 11 is 0. The lowest BCUT2D eigenvalue weighted by atomic mass is 9.97. The molecule has 0 radical (unpaired) electrons. The van der Waals surface area contributed by atoms with Crippen LogP contribution in [0.15, 0.2) is 48.7 Å².